The van der Waals surface area contributed by atoms with E-state index in [1.165, 1.54) is 0 Å². The number of hydrogen-bond acceptors (Lipinski definition) is 3. The molecular formula is C12H11N5O. The zero-order valence-corrected chi connectivity index (χ0v) is 9.71. The van der Waals surface area contributed by atoms with Crippen LogP contribution in [0.5, 0.6) is 0 Å². The predicted octanol–water partition coefficient (Wildman–Crippen LogP) is 1.55. The molecule has 18 heavy (non-hydrogen) atoms. The Morgan fingerprint density at radius 2 is 2.28 bits per heavy atom. The minimum atomic E-state index is -0.235. The van der Waals surface area contributed by atoms with Crippen LogP contribution in [-0.2, 0) is 7.05 Å². The fourth-order valence-corrected chi connectivity index (χ4v) is 1.78. The summed E-state index contributed by atoms with van der Waals surface area (Å²) in [5.74, 6) is 0.140. The van der Waals surface area contributed by atoms with Crippen LogP contribution in [0.4, 0.5) is 5.69 Å². The lowest BCUT2D eigenvalue weighted by Gasteiger charge is -2.04. The van der Waals surface area contributed by atoms with Gasteiger partial charge in [0.25, 0.3) is 5.91 Å². The first-order chi connectivity index (χ1) is 8.74. The quantitative estimate of drug-likeness (QED) is 0.714. The molecular weight excluding hydrogens is 230 g/mol. The van der Waals surface area contributed by atoms with Gasteiger partial charge in [-0.2, -0.15) is 0 Å². The molecule has 0 saturated carbocycles. The van der Waals surface area contributed by atoms with Crippen molar-refractivity contribution in [3.05, 3.63) is 42.7 Å². The Morgan fingerprint density at radius 1 is 1.39 bits per heavy atom. The van der Waals surface area contributed by atoms with Crippen LogP contribution in [0.1, 0.15) is 10.6 Å². The average Bonchev–Trinajstić information content (AvgIpc) is 2.96. The number of fused-ring (bicyclic) bond motifs is 1. The van der Waals surface area contributed by atoms with E-state index < -0.39 is 0 Å². The van der Waals surface area contributed by atoms with Gasteiger partial charge in [0, 0.05) is 25.1 Å². The summed E-state index contributed by atoms with van der Waals surface area (Å²) < 4.78 is 1.67. The van der Waals surface area contributed by atoms with E-state index in [9.17, 15) is 4.79 Å². The van der Waals surface area contributed by atoms with E-state index in [2.05, 4.69) is 20.3 Å². The van der Waals surface area contributed by atoms with Crippen molar-refractivity contribution in [1.29, 1.82) is 0 Å². The van der Waals surface area contributed by atoms with Gasteiger partial charge < -0.3 is 14.9 Å². The molecule has 0 spiro atoms. The minimum absolute atomic E-state index is 0.235. The molecule has 2 N–H and O–H groups in total. The molecule has 0 aliphatic heterocycles. The standard InChI is InChI=1S/C12H11N5O/c1-17-5-4-13-11(17)12(18)16-8-2-3-9-10(6-8)15-7-14-9/h2-7H,1H3,(H,14,15)(H,16,18). The summed E-state index contributed by atoms with van der Waals surface area (Å²) in [7, 11) is 1.78. The van der Waals surface area contributed by atoms with Gasteiger partial charge in [-0.3, -0.25) is 4.79 Å². The van der Waals surface area contributed by atoms with Crippen LogP contribution in [0.25, 0.3) is 11.0 Å². The third-order valence-corrected chi connectivity index (χ3v) is 2.70. The lowest BCUT2D eigenvalue weighted by Crippen LogP contribution is -2.16. The van der Waals surface area contributed by atoms with Gasteiger partial charge in [0.2, 0.25) is 0 Å². The van der Waals surface area contributed by atoms with Crippen molar-refractivity contribution in [2.45, 2.75) is 0 Å². The Balaban J connectivity index is 1.88. The van der Waals surface area contributed by atoms with Gasteiger partial charge in [-0.15, -0.1) is 0 Å². The molecule has 0 saturated heterocycles. The molecule has 0 aliphatic rings. The van der Waals surface area contributed by atoms with Crippen molar-refractivity contribution in [2.24, 2.45) is 7.05 Å². The summed E-state index contributed by atoms with van der Waals surface area (Å²) in [5.41, 5.74) is 2.46. The van der Waals surface area contributed by atoms with Gasteiger partial charge in [0.1, 0.15) is 0 Å². The second-order valence-corrected chi connectivity index (χ2v) is 3.95. The van der Waals surface area contributed by atoms with Gasteiger partial charge in [0.15, 0.2) is 5.82 Å². The van der Waals surface area contributed by atoms with Crippen LogP contribution in [0, 0.1) is 0 Å². The normalized spacial score (nSPS) is 10.7. The number of benzene rings is 1. The smallest absolute Gasteiger partial charge is 0.291 e. The molecule has 1 aromatic carbocycles. The molecule has 90 valence electrons. The van der Waals surface area contributed by atoms with E-state index >= 15 is 0 Å². The SMILES string of the molecule is Cn1ccnc1C(=O)Nc1ccc2nc[nH]c2c1. The van der Waals surface area contributed by atoms with Gasteiger partial charge in [0.05, 0.1) is 17.4 Å². The van der Waals surface area contributed by atoms with E-state index in [0.29, 0.717) is 11.5 Å². The van der Waals surface area contributed by atoms with Crippen LogP contribution in [0.2, 0.25) is 0 Å². The van der Waals surface area contributed by atoms with E-state index in [4.69, 9.17) is 0 Å². The number of carbonyl (C=O) groups excluding carboxylic acids is 1. The molecule has 0 aliphatic carbocycles. The van der Waals surface area contributed by atoms with Gasteiger partial charge in [-0.1, -0.05) is 0 Å². The zero-order chi connectivity index (χ0) is 12.5. The highest BCUT2D eigenvalue weighted by atomic mass is 16.2. The fourth-order valence-electron chi connectivity index (χ4n) is 1.78. The number of aromatic amines is 1. The molecule has 3 rings (SSSR count). The molecule has 2 aromatic heterocycles. The third-order valence-electron chi connectivity index (χ3n) is 2.70. The summed E-state index contributed by atoms with van der Waals surface area (Å²) in [6.45, 7) is 0. The number of nitrogens with zero attached hydrogens (tertiary/aromatic N) is 3. The van der Waals surface area contributed by atoms with Crippen molar-refractivity contribution in [2.75, 3.05) is 5.32 Å². The summed E-state index contributed by atoms with van der Waals surface area (Å²) in [4.78, 5) is 23.1. The molecule has 6 nitrogen and oxygen atoms in total. The molecule has 0 unspecified atom stereocenters. The van der Waals surface area contributed by atoms with Crippen molar-refractivity contribution in [3.8, 4) is 0 Å². The maximum atomic E-state index is 12.0. The first kappa shape index (κ1) is 10.5. The first-order valence-electron chi connectivity index (χ1n) is 5.46. The fraction of sp³-hybridized carbons (Fsp3) is 0.0833. The van der Waals surface area contributed by atoms with E-state index in [0.717, 1.165) is 11.0 Å². The number of nitrogens with one attached hydrogen (secondary N) is 2. The van der Waals surface area contributed by atoms with Crippen molar-refractivity contribution >= 4 is 22.6 Å². The molecule has 0 bridgehead atoms. The Labute approximate surface area is 103 Å². The first-order valence-corrected chi connectivity index (χ1v) is 5.46. The number of anilines is 1. The number of aryl methyl sites for hydroxylation is 1. The summed E-state index contributed by atoms with van der Waals surface area (Å²) >= 11 is 0. The predicted molar refractivity (Wildman–Crippen MR) is 67.3 cm³/mol. The lowest BCUT2D eigenvalue weighted by molar-refractivity contribution is 0.101. The van der Waals surface area contributed by atoms with Crippen LogP contribution in [0.3, 0.4) is 0 Å². The number of amides is 1. The summed E-state index contributed by atoms with van der Waals surface area (Å²) in [6, 6.07) is 5.49. The Kier molecular flexibility index (Phi) is 2.33. The van der Waals surface area contributed by atoms with Crippen LogP contribution < -0.4 is 5.32 Å². The number of carbonyl (C=O) groups is 1. The van der Waals surface area contributed by atoms with Gasteiger partial charge in [-0.05, 0) is 18.2 Å². The number of aromatic nitrogens is 4. The average molecular weight is 241 g/mol. The second-order valence-electron chi connectivity index (χ2n) is 3.95. The molecule has 3 aromatic rings. The van der Waals surface area contributed by atoms with E-state index in [-0.39, 0.29) is 5.91 Å². The number of hydrogen-bond donors (Lipinski definition) is 2. The third kappa shape index (κ3) is 1.73. The van der Waals surface area contributed by atoms with Crippen molar-refractivity contribution < 1.29 is 4.79 Å². The van der Waals surface area contributed by atoms with Gasteiger partial charge >= 0.3 is 0 Å². The topological polar surface area (TPSA) is 75.6 Å². The molecule has 2 heterocycles. The maximum absolute atomic E-state index is 12.0. The Morgan fingerprint density at radius 3 is 3.06 bits per heavy atom. The van der Waals surface area contributed by atoms with Crippen LogP contribution in [-0.4, -0.2) is 25.4 Å². The van der Waals surface area contributed by atoms with Crippen molar-refractivity contribution in [1.82, 2.24) is 19.5 Å². The highest BCUT2D eigenvalue weighted by molar-refractivity contribution is 6.02. The number of rotatable bonds is 2. The lowest BCUT2D eigenvalue weighted by atomic mass is 10.2. The molecule has 6 heteroatoms. The minimum Gasteiger partial charge on any atom is -0.345 e. The van der Waals surface area contributed by atoms with Gasteiger partial charge in [-0.25, -0.2) is 9.97 Å². The second kappa shape index (κ2) is 3.99. The number of imidazole rings is 2. The molecule has 0 atom stereocenters. The van der Waals surface area contributed by atoms with E-state index in [1.54, 1.807) is 30.3 Å². The highest BCUT2D eigenvalue weighted by Gasteiger charge is 2.11. The van der Waals surface area contributed by atoms with E-state index in [1.807, 2.05) is 18.2 Å². The number of H-pyrrole nitrogens is 1. The monoisotopic (exact) mass is 241 g/mol. The molecule has 1 amide bonds. The zero-order valence-electron chi connectivity index (χ0n) is 9.71. The summed E-state index contributed by atoms with van der Waals surface area (Å²) in [5, 5.41) is 2.80. The van der Waals surface area contributed by atoms with Crippen molar-refractivity contribution in [3.63, 3.8) is 0 Å². The van der Waals surface area contributed by atoms with Crippen LogP contribution >= 0.6 is 0 Å². The Bertz CT molecular complexity index is 712. The molecule has 0 fully saturated rings. The summed E-state index contributed by atoms with van der Waals surface area (Å²) in [6.07, 6.45) is 4.94. The largest absolute Gasteiger partial charge is 0.345 e. The maximum Gasteiger partial charge on any atom is 0.291 e. The Hall–Kier alpha value is -2.63. The highest BCUT2D eigenvalue weighted by Crippen LogP contribution is 2.16. The van der Waals surface area contributed by atoms with Crippen LogP contribution in [0.15, 0.2) is 36.9 Å². The molecule has 0 radical (unpaired) electrons.